The number of piperidine rings is 1. The molecule has 192 valence electrons. The van der Waals surface area contributed by atoms with Crippen LogP contribution in [0.15, 0.2) is 59.4 Å². The minimum Gasteiger partial charge on any atom is -0.382 e. The van der Waals surface area contributed by atoms with Crippen molar-refractivity contribution in [3.05, 3.63) is 87.8 Å². The zero-order chi connectivity index (χ0) is 25.9. The number of hydrogen-bond donors (Lipinski definition) is 1. The van der Waals surface area contributed by atoms with Gasteiger partial charge < -0.3 is 15.1 Å². The van der Waals surface area contributed by atoms with E-state index in [4.69, 9.17) is 5.26 Å². The second-order valence-electron chi connectivity index (χ2n) is 11.0. The first-order valence-electron chi connectivity index (χ1n) is 13.7. The average molecular weight is 494 g/mol. The van der Waals surface area contributed by atoms with Gasteiger partial charge in [0.2, 0.25) is 0 Å². The fourth-order valence-corrected chi connectivity index (χ4v) is 5.92. The lowest BCUT2D eigenvalue weighted by molar-refractivity contribution is 0.299. The van der Waals surface area contributed by atoms with Crippen LogP contribution in [0.4, 0.5) is 0 Å². The summed E-state index contributed by atoms with van der Waals surface area (Å²) < 4.78 is 0. The number of nitriles is 1. The predicted molar refractivity (Wildman–Crippen MR) is 152 cm³/mol. The van der Waals surface area contributed by atoms with Crippen molar-refractivity contribution in [3.8, 4) is 6.07 Å². The smallest absolute Gasteiger partial charge is 0.0991 e. The highest BCUT2D eigenvalue weighted by atomic mass is 15.1. The highest BCUT2D eigenvalue weighted by Crippen LogP contribution is 2.43. The molecule has 1 aliphatic carbocycles. The Morgan fingerprint density at radius 3 is 2.46 bits per heavy atom. The van der Waals surface area contributed by atoms with Crippen molar-refractivity contribution in [1.82, 2.24) is 15.1 Å². The lowest BCUT2D eigenvalue weighted by atomic mass is 9.88. The van der Waals surface area contributed by atoms with Crippen molar-refractivity contribution < 1.29 is 0 Å². The highest BCUT2D eigenvalue weighted by molar-refractivity contribution is 5.67. The predicted octanol–water partition coefficient (Wildman–Crippen LogP) is 5.93. The second-order valence-corrected chi connectivity index (χ2v) is 11.0. The van der Waals surface area contributed by atoms with Gasteiger partial charge in [0, 0.05) is 56.1 Å². The molecule has 5 nitrogen and oxygen atoms in total. The van der Waals surface area contributed by atoms with Crippen LogP contribution in [0.5, 0.6) is 0 Å². The lowest BCUT2D eigenvalue weighted by Crippen LogP contribution is -2.33. The minimum absolute atomic E-state index is 0.546. The van der Waals surface area contributed by atoms with E-state index in [0.717, 1.165) is 68.9 Å². The average Bonchev–Trinajstić information content (AvgIpc) is 3.78. The van der Waals surface area contributed by atoms with Crippen molar-refractivity contribution in [3.63, 3.8) is 0 Å². The van der Waals surface area contributed by atoms with Crippen LogP contribution in [0.25, 0.3) is 5.70 Å². The van der Waals surface area contributed by atoms with E-state index in [1.54, 1.807) is 0 Å². The molecule has 2 heterocycles. The normalized spacial score (nSPS) is 19.0. The fourth-order valence-electron chi connectivity index (χ4n) is 5.92. The van der Waals surface area contributed by atoms with Gasteiger partial charge in [0.05, 0.1) is 17.3 Å². The van der Waals surface area contributed by atoms with E-state index in [1.165, 1.54) is 46.4 Å². The quantitative estimate of drug-likeness (QED) is 0.463. The van der Waals surface area contributed by atoms with Crippen molar-refractivity contribution in [2.75, 3.05) is 33.2 Å². The molecule has 2 aliphatic heterocycles. The van der Waals surface area contributed by atoms with Crippen molar-refractivity contribution >= 4 is 12.4 Å². The van der Waals surface area contributed by atoms with Crippen molar-refractivity contribution in [2.24, 2.45) is 4.99 Å². The van der Waals surface area contributed by atoms with E-state index in [1.807, 2.05) is 12.1 Å². The topological polar surface area (TPSA) is 54.7 Å². The monoisotopic (exact) mass is 493 g/mol. The van der Waals surface area contributed by atoms with E-state index in [2.05, 4.69) is 77.7 Å². The van der Waals surface area contributed by atoms with E-state index in [-0.39, 0.29) is 0 Å². The molecule has 1 N–H and O–H groups in total. The lowest BCUT2D eigenvalue weighted by Gasteiger charge is -2.36. The number of aryl methyl sites for hydroxylation is 1. The van der Waals surface area contributed by atoms with E-state index in [9.17, 15) is 0 Å². The molecule has 0 aromatic heterocycles. The zero-order valence-electron chi connectivity index (χ0n) is 22.4. The third-order valence-electron chi connectivity index (χ3n) is 8.39. The summed E-state index contributed by atoms with van der Waals surface area (Å²) in [6.07, 6.45) is 5.75. The van der Waals surface area contributed by atoms with Gasteiger partial charge in [-0.05, 0) is 98.7 Å². The molecule has 1 saturated heterocycles. The number of aliphatic imine (C=N–C) groups is 1. The number of nitrogens with zero attached hydrogens (tertiary/aromatic N) is 4. The maximum absolute atomic E-state index is 9.09. The number of likely N-dealkylation sites (tertiary alicyclic amines) is 1. The van der Waals surface area contributed by atoms with Crippen molar-refractivity contribution in [1.29, 1.82) is 5.26 Å². The molecule has 3 aliphatic rings. The molecular weight excluding hydrogens is 454 g/mol. The highest BCUT2D eigenvalue weighted by Gasteiger charge is 2.28. The Morgan fingerprint density at radius 1 is 1.08 bits per heavy atom. The van der Waals surface area contributed by atoms with Crippen LogP contribution in [-0.4, -0.2) is 49.7 Å². The molecule has 2 aromatic carbocycles. The molecule has 0 spiro atoms. The summed E-state index contributed by atoms with van der Waals surface area (Å²) in [5.74, 6) is 1.24. The summed E-state index contributed by atoms with van der Waals surface area (Å²) in [5.41, 5.74) is 11.0. The Balaban J connectivity index is 1.30. The molecule has 2 fully saturated rings. The molecule has 0 unspecified atom stereocenters. The first-order valence-corrected chi connectivity index (χ1v) is 13.7. The molecule has 5 heteroatoms. The Kier molecular flexibility index (Phi) is 7.48. The number of rotatable bonds is 8. The summed E-state index contributed by atoms with van der Waals surface area (Å²) >= 11 is 0. The van der Waals surface area contributed by atoms with Crippen molar-refractivity contribution in [2.45, 2.75) is 57.4 Å². The molecule has 5 rings (SSSR count). The van der Waals surface area contributed by atoms with Gasteiger partial charge in [0.25, 0.3) is 0 Å². The van der Waals surface area contributed by atoms with Gasteiger partial charge in [-0.15, -0.1) is 0 Å². The molecule has 37 heavy (non-hydrogen) atoms. The van der Waals surface area contributed by atoms with Crippen LogP contribution in [0, 0.1) is 18.3 Å². The number of benzene rings is 2. The second kappa shape index (κ2) is 10.9. The number of hydrogen-bond acceptors (Lipinski definition) is 5. The molecule has 1 saturated carbocycles. The SMILES string of the molecule is C=NC1=C(NCc2cc(C(=C)N3CCC(c4ccc(C#N)cc4)CC3)c(C)cc2C2CC2)CN(C)CC1. The summed E-state index contributed by atoms with van der Waals surface area (Å²) in [5, 5.41) is 12.8. The number of likely N-dealkylation sites (N-methyl/N-ethyl adjacent to an activating group) is 1. The van der Waals surface area contributed by atoms with Crippen LogP contribution in [0.1, 0.15) is 77.3 Å². The van der Waals surface area contributed by atoms with Crippen LogP contribution >= 0.6 is 0 Å². The van der Waals surface area contributed by atoms with Crippen LogP contribution in [0.3, 0.4) is 0 Å². The summed E-state index contributed by atoms with van der Waals surface area (Å²) in [6, 6.07) is 15.2. The van der Waals surface area contributed by atoms with Gasteiger partial charge in [-0.25, -0.2) is 0 Å². The summed E-state index contributed by atoms with van der Waals surface area (Å²) in [4.78, 5) is 9.11. The molecule has 0 atom stereocenters. The minimum atomic E-state index is 0.546. The fraction of sp³-hybridized carbons (Fsp3) is 0.438. The summed E-state index contributed by atoms with van der Waals surface area (Å²) in [7, 11) is 2.16. The number of nitrogens with one attached hydrogen (secondary N) is 1. The molecule has 0 amide bonds. The Bertz CT molecular complexity index is 1240. The van der Waals surface area contributed by atoms with Gasteiger partial charge in [-0.2, -0.15) is 5.26 Å². The largest absolute Gasteiger partial charge is 0.382 e. The molecule has 0 radical (unpaired) electrons. The first kappa shape index (κ1) is 25.3. The van der Waals surface area contributed by atoms with Gasteiger partial charge in [-0.1, -0.05) is 24.8 Å². The molecular formula is C32H39N5. The Hall–Kier alpha value is -3.36. The van der Waals surface area contributed by atoms with E-state index < -0.39 is 0 Å². The van der Waals surface area contributed by atoms with Gasteiger partial charge in [0.1, 0.15) is 0 Å². The van der Waals surface area contributed by atoms with Gasteiger partial charge in [0.15, 0.2) is 0 Å². The third kappa shape index (κ3) is 5.65. The first-order chi connectivity index (χ1) is 18.0. The third-order valence-corrected chi connectivity index (χ3v) is 8.39. The maximum Gasteiger partial charge on any atom is 0.0991 e. The molecule has 2 aromatic rings. The van der Waals surface area contributed by atoms with Gasteiger partial charge >= 0.3 is 0 Å². The Morgan fingerprint density at radius 2 is 1.81 bits per heavy atom. The van der Waals surface area contributed by atoms with Crippen LogP contribution in [-0.2, 0) is 6.54 Å². The van der Waals surface area contributed by atoms with Crippen LogP contribution in [0.2, 0.25) is 0 Å². The zero-order valence-corrected chi connectivity index (χ0v) is 22.4. The maximum atomic E-state index is 9.09. The van der Waals surface area contributed by atoms with E-state index in [0.29, 0.717) is 11.8 Å². The standard InChI is InChI=1S/C32H39N5/c1-22-17-30(27-9-10-27)28(20-35-32-21-36(4)14-13-31(32)34-3)18-29(22)23(2)37-15-11-26(12-16-37)25-7-5-24(19-33)6-8-25/h5-8,17-18,26-27,35H,2-3,9-16,20-21H2,1,4H3. The van der Waals surface area contributed by atoms with E-state index >= 15 is 0 Å². The Labute approximate surface area is 222 Å². The van der Waals surface area contributed by atoms with Crippen LogP contribution < -0.4 is 5.32 Å². The molecule has 0 bridgehead atoms. The summed E-state index contributed by atoms with van der Waals surface area (Å²) in [6.45, 7) is 15.4. The van der Waals surface area contributed by atoms with Gasteiger partial charge in [-0.3, -0.25) is 4.99 Å².